The number of hydrogen-bond acceptors (Lipinski definition) is 3. The predicted octanol–water partition coefficient (Wildman–Crippen LogP) is 3.09. The Morgan fingerprint density at radius 1 is 0.727 bits per heavy atom. The molecule has 2 aromatic rings. The van der Waals surface area contributed by atoms with Gasteiger partial charge >= 0.3 is 0 Å². The standard InChI is InChI=1S/C19H20O3/c20-17-11-12-18(21-13-15-7-3-1-4-8-15)19(17)22-14-16-9-5-2-6-10-16/h1-12,17-20H,13-14H2/t17-,18+,19+/m1/s1. The number of aliphatic hydroxyl groups is 1. The first-order valence-electron chi connectivity index (χ1n) is 7.50. The summed E-state index contributed by atoms with van der Waals surface area (Å²) < 4.78 is 11.8. The van der Waals surface area contributed by atoms with Crippen LogP contribution in [0.15, 0.2) is 72.8 Å². The molecule has 0 amide bonds. The monoisotopic (exact) mass is 296 g/mol. The van der Waals surface area contributed by atoms with Crippen LogP contribution >= 0.6 is 0 Å². The summed E-state index contributed by atoms with van der Waals surface area (Å²) in [6.45, 7) is 0.975. The lowest BCUT2D eigenvalue weighted by molar-refractivity contribution is -0.0936. The van der Waals surface area contributed by atoms with E-state index in [0.717, 1.165) is 11.1 Å². The van der Waals surface area contributed by atoms with Gasteiger partial charge in [-0.25, -0.2) is 0 Å². The summed E-state index contributed by atoms with van der Waals surface area (Å²) in [5.41, 5.74) is 2.20. The minimum atomic E-state index is -0.621. The summed E-state index contributed by atoms with van der Waals surface area (Å²) in [7, 11) is 0. The zero-order valence-corrected chi connectivity index (χ0v) is 12.3. The summed E-state index contributed by atoms with van der Waals surface area (Å²) in [5.74, 6) is 0. The van der Waals surface area contributed by atoms with E-state index in [0.29, 0.717) is 13.2 Å². The highest BCUT2D eigenvalue weighted by molar-refractivity contribution is 5.16. The highest BCUT2D eigenvalue weighted by atomic mass is 16.5. The molecule has 22 heavy (non-hydrogen) atoms. The number of aliphatic hydroxyl groups excluding tert-OH is 1. The van der Waals surface area contributed by atoms with Gasteiger partial charge in [0.15, 0.2) is 0 Å². The van der Waals surface area contributed by atoms with Crippen LogP contribution in [0.25, 0.3) is 0 Å². The second kappa shape index (κ2) is 7.36. The summed E-state index contributed by atoms with van der Waals surface area (Å²) in [6, 6.07) is 19.9. The topological polar surface area (TPSA) is 38.7 Å². The van der Waals surface area contributed by atoms with Gasteiger partial charge in [-0.1, -0.05) is 72.8 Å². The minimum absolute atomic E-state index is 0.223. The second-order valence-electron chi connectivity index (χ2n) is 5.40. The van der Waals surface area contributed by atoms with Crippen LogP contribution in [-0.2, 0) is 22.7 Å². The van der Waals surface area contributed by atoms with E-state index < -0.39 is 6.10 Å². The summed E-state index contributed by atoms with van der Waals surface area (Å²) in [6.07, 6.45) is 2.42. The van der Waals surface area contributed by atoms with Gasteiger partial charge in [-0.3, -0.25) is 0 Å². The van der Waals surface area contributed by atoms with Gasteiger partial charge in [0.05, 0.1) is 13.2 Å². The van der Waals surface area contributed by atoms with E-state index >= 15 is 0 Å². The Kier molecular flexibility index (Phi) is 5.01. The number of ether oxygens (including phenoxy) is 2. The van der Waals surface area contributed by atoms with Crippen molar-refractivity contribution in [2.24, 2.45) is 0 Å². The Labute approximate surface area is 130 Å². The molecule has 114 valence electrons. The summed E-state index contributed by atoms with van der Waals surface area (Å²) in [5, 5.41) is 10.0. The number of benzene rings is 2. The third-order valence-electron chi connectivity index (χ3n) is 3.73. The maximum Gasteiger partial charge on any atom is 0.117 e. The molecular weight excluding hydrogens is 276 g/mol. The molecule has 0 saturated heterocycles. The van der Waals surface area contributed by atoms with Crippen molar-refractivity contribution in [2.45, 2.75) is 31.5 Å². The van der Waals surface area contributed by atoms with Gasteiger partial charge in [0.1, 0.15) is 18.3 Å². The average molecular weight is 296 g/mol. The first-order valence-corrected chi connectivity index (χ1v) is 7.50. The zero-order valence-electron chi connectivity index (χ0n) is 12.3. The van der Waals surface area contributed by atoms with Crippen LogP contribution in [0.1, 0.15) is 11.1 Å². The van der Waals surface area contributed by atoms with Crippen molar-refractivity contribution in [2.75, 3.05) is 0 Å². The number of rotatable bonds is 6. The van der Waals surface area contributed by atoms with E-state index in [2.05, 4.69) is 0 Å². The minimum Gasteiger partial charge on any atom is -0.386 e. The first kappa shape index (κ1) is 15.0. The lowest BCUT2D eigenvalue weighted by Gasteiger charge is -2.23. The fraction of sp³-hybridized carbons (Fsp3) is 0.263. The second-order valence-corrected chi connectivity index (χ2v) is 5.40. The third-order valence-corrected chi connectivity index (χ3v) is 3.73. The lowest BCUT2D eigenvalue weighted by atomic mass is 10.2. The van der Waals surface area contributed by atoms with Crippen LogP contribution in [0.3, 0.4) is 0 Å². The molecule has 1 N–H and O–H groups in total. The average Bonchev–Trinajstić information content (AvgIpc) is 2.93. The quantitative estimate of drug-likeness (QED) is 0.833. The number of hydrogen-bond donors (Lipinski definition) is 1. The molecule has 3 rings (SSSR count). The van der Waals surface area contributed by atoms with Gasteiger partial charge in [0, 0.05) is 0 Å². The Hall–Kier alpha value is -1.94. The molecule has 2 aromatic carbocycles. The molecule has 0 aromatic heterocycles. The largest absolute Gasteiger partial charge is 0.386 e. The van der Waals surface area contributed by atoms with Crippen LogP contribution in [0, 0.1) is 0 Å². The molecule has 0 bridgehead atoms. The zero-order chi connectivity index (χ0) is 15.2. The Morgan fingerprint density at radius 3 is 1.86 bits per heavy atom. The molecule has 0 radical (unpaired) electrons. The van der Waals surface area contributed by atoms with Gasteiger partial charge in [0.2, 0.25) is 0 Å². The fourth-order valence-corrected chi connectivity index (χ4v) is 2.51. The van der Waals surface area contributed by atoms with E-state index in [1.165, 1.54) is 0 Å². The summed E-state index contributed by atoms with van der Waals surface area (Å²) >= 11 is 0. The van der Waals surface area contributed by atoms with E-state index in [1.807, 2.05) is 66.7 Å². The van der Waals surface area contributed by atoms with Gasteiger partial charge in [-0.05, 0) is 11.1 Å². The van der Waals surface area contributed by atoms with Crippen molar-refractivity contribution in [3.63, 3.8) is 0 Å². The molecule has 0 saturated carbocycles. The molecule has 0 unspecified atom stereocenters. The first-order chi connectivity index (χ1) is 10.8. The fourth-order valence-electron chi connectivity index (χ4n) is 2.51. The van der Waals surface area contributed by atoms with Crippen molar-refractivity contribution in [1.29, 1.82) is 0 Å². The van der Waals surface area contributed by atoms with E-state index in [-0.39, 0.29) is 12.2 Å². The molecule has 0 fully saturated rings. The Morgan fingerprint density at radius 2 is 1.27 bits per heavy atom. The highest BCUT2D eigenvalue weighted by Gasteiger charge is 2.32. The van der Waals surface area contributed by atoms with E-state index in [4.69, 9.17) is 9.47 Å². The molecule has 3 heteroatoms. The lowest BCUT2D eigenvalue weighted by Crippen LogP contribution is -2.34. The van der Waals surface area contributed by atoms with Crippen molar-refractivity contribution in [1.82, 2.24) is 0 Å². The molecule has 0 aliphatic heterocycles. The van der Waals surface area contributed by atoms with Gasteiger partial charge in [0.25, 0.3) is 0 Å². The van der Waals surface area contributed by atoms with Crippen LogP contribution < -0.4 is 0 Å². The van der Waals surface area contributed by atoms with Gasteiger partial charge < -0.3 is 14.6 Å². The van der Waals surface area contributed by atoms with Crippen molar-refractivity contribution in [3.8, 4) is 0 Å². The van der Waals surface area contributed by atoms with Crippen molar-refractivity contribution < 1.29 is 14.6 Å². The van der Waals surface area contributed by atoms with Crippen molar-refractivity contribution >= 4 is 0 Å². The molecule has 0 heterocycles. The molecule has 1 aliphatic rings. The van der Waals surface area contributed by atoms with Crippen LogP contribution in [0.5, 0.6) is 0 Å². The van der Waals surface area contributed by atoms with Crippen LogP contribution in [0.4, 0.5) is 0 Å². The molecular formula is C19H20O3. The van der Waals surface area contributed by atoms with Gasteiger partial charge in [-0.15, -0.1) is 0 Å². The smallest absolute Gasteiger partial charge is 0.117 e. The Balaban J connectivity index is 1.55. The molecule has 3 nitrogen and oxygen atoms in total. The highest BCUT2D eigenvalue weighted by Crippen LogP contribution is 2.21. The maximum absolute atomic E-state index is 10.0. The van der Waals surface area contributed by atoms with Crippen LogP contribution in [0.2, 0.25) is 0 Å². The Bertz CT molecular complexity index is 595. The van der Waals surface area contributed by atoms with E-state index in [1.54, 1.807) is 6.08 Å². The SMILES string of the molecule is O[C@@H]1C=C[C@H](OCc2ccccc2)[C@H]1OCc1ccccc1. The van der Waals surface area contributed by atoms with Gasteiger partial charge in [-0.2, -0.15) is 0 Å². The van der Waals surface area contributed by atoms with Crippen molar-refractivity contribution in [3.05, 3.63) is 83.9 Å². The molecule has 1 aliphatic carbocycles. The predicted molar refractivity (Wildman–Crippen MR) is 85.2 cm³/mol. The molecule has 3 atom stereocenters. The van der Waals surface area contributed by atoms with E-state index in [9.17, 15) is 5.11 Å². The normalized spacial score (nSPS) is 23.8. The third kappa shape index (κ3) is 3.83. The maximum atomic E-state index is 10.0. The van der Waals surface area contributed by atoms with Crippen LogP contribution in [-0.4, -0.2) is 23.4 Å². The molecule has 0 spiro atoms. The summed E-state index contributed by atoms with van der Waals surface area (Å²) in [4.78, 5) is 0.